The van der Waals surface area contributed by atoms with Gasteiger partial charge >= 0.3 is 10.1 Å². The van der Waals surface area contributed by atoms with Crippen molar-refractivity contribution >= 4 is 38.4 Å². The molecule has 18 heavy (non-hydrogen) atoms. The first-order valence-corrected chi connectivity index (χ1v) is 6.93. The Labute approximate surface area is 111 Å². The maximum absolute atomic E-state index is 11.7. The van der Waals surface area contributed by atoms with Crippen LogP contribution < -0.4 is 4.90 Å². The molecule has 0 heterocycles. The maximum Gasteiger partial charge on any atom is 0.313 e. The standard InChI is InChI=1S/C12H12ClNO3S/c1-14(2)11-7-3-6-10-9(11)5-4-8-12(10)18(15,16)17-13/h3-8H,1-2H3. The average Bonchev–Trinajstić information content (AvgIpc) is 2.37. The Hall–Kier alpha value is -1.30. The molecule has 0 spiro atoms. The molecule has 0 unspecified atom stereocenters. The summed E-state index contributed by atoms with van der Waals surface area (Å²) in [6.07, 6.45) is 0. The Bertz CT molecular complexity index is 683. The van der Waals surface area contributed by atoms with E-state index in [9.17, 15) is 8.42 Å². The zero-order valence-electron chi connectivity index (χ0n) is 9.92. The highest BCUT2D eigenvalue weighted by atomic mass is 35.5. The molecule has 0 fully saturated rings. The fourth-order valence-electron chi connectivity index (χ4n) is 1.91. The summed E-state index contributed by atoms with van der Waals surface area (Å²) < 4.78 is 27.5. The Balaban J connectivity index is 2.84. The van der Waals surface area contributed by atoms with E-state index in [4.69, 9.17) is 11.9 Å². The zero-order chi connectivity index (χ0) is 13.3. The van der Waals surface area contributed by atoms with Crippen LogP contribution in [0.2, 0.25) is 0 Å². The van der Waals surface area contributed by atoms with Gasteiger partial charge in [0.25, 0.3) is 0 Å². The van der Waals surface area contributed by atoms with Crippen LogP contribution in [-0.2, 0) is 13.9 Å². The molecule has 0 radical (unpaired) electrons. The van der Waals surface area contributed by atoms with Crippen molar-refractivity contribution in [3.05, 3.63) is 36.4 Å². The highest BCUT2D eigenvalue weighted by molar-refractivity contribution is 7.87. The highest BCUT2D eigenvalue weighted by Gasteiger charge is 2.18. The molecule has 0 aliphatic heterocycles. The summed E-state index contributed by atoms with van der Waals surface area (Å²) in [5, 5.41) is 1.42. The molecule has 0 N–H and O–H groups in total. The third-order valence-electron chi connectivity index (χ3n) is 2.69. The van der Waals surface area contributed by atoms with Gasteiger partial charge in [-0.05, 0) is 12.1 Å². The molecule has 0 saturated carbocycles. The molecule has 2 aromatic rings. The van der Waals surface area contributed by atoms with Crippen LogP contribution in [0.25, 0.3) is 10.8 Å². The van der Waals surface area contributed by atoms with E-state index in [0.29, 0.717) is 5.39 Å². The topological polar surface area (TPSA) is 46.6 Å². The van der Waals surface area contributed by atoms with Crippen LogP contribution >= 0.6 is 11.9 Å². The first-order valence-electron chi connectivity index (χ1n) is 5.21. The lowest BCUT2D eigenvalue weighted by Gasteiger charge is -2.16. The van der Waals surface area contributed by atoms with Gasteiger partial charge in [-0.25, -0.2) is 0 Å². The van der Waals surface area contributed by atoms with Crippen molar-refractivity contribution in [1.82, 2.24) is 0 Å². The van der Waals surface area contributed by atoms with Crippen LogP contribution in [-0.4, -0.2) is 22.5 Å². The van der Waals surface area contributed by atoms with Crippen molar-refractivity contribution < 1.29 is 12.2 Å². The lowest BCUT2D eigenvalue weighted by Crippen LogP contribution is -2.09. The van der Waals surface area contributed by atoms with Crippen LogP contribution in [0.3, 0.4) is 0 Å². The third kappa shape index (κ3) is 2.16. The second kappa shape index (κ2) is 4.76. The summed E-state index contributed by atoms with van der Waals surface area (Å²) >= 11 is 5.03. The first-order chi connectivity index (χ1) is 8.47. The zero-order valence-corrected chi connectivity index (χ0v) is 11.5. The molecule has 0 amide bonds. The molecule has 0 aliphatic rings. The molecule has 0 atom stereocenters. The van der Waals surface area contributed by atoms with E-state index >= 15 is 0 Å². The average molecular weight is 286 g/mol. The third-order valence-corrected chi connectivity index (χ3v) is 4.25. The summed E-state index contributed by atoms with van der Waals surface area (Å²) in [7, 11) is -0.127. The number of halogens is 1. The van der Waals surface area contributed by atoms with Gasteiger partial charge in [-0.3, -0.25) is 0 Å². The molecule has 0 aromatic heterocycles. The molecule has 4 nitrogen and oxygen atoms in total. The SMILES string of the molecule is CN(C)c1cccc2c(S(=O)(=O)OCl)cccc12. The fourth-order valence-corrected chi connectivity index (χ4v) is 2.87. The number of fused-ring (bicyclic) bond motifs is 1. The Kier molecular flexibility index (Phi) is 3.47. The van der Waals surface area contributed by atoms with E-state index in [-0.39, 0.29) is 4.90 Å². The monoisotopic (exact) mass is 285 g/mol. The van der Waals surface area contributed by atoms with Gasteiger partial charge in [-0.1, -0.05) is 24.3 Å². The summed E-state index contributed by atoms with van der Waals surface area (Å²) in [4.78, 5) is 1.99. The van der Waals surface area contributed by atoms with Crippen molar-refractivity contribution in [3.8, 4) is 0 Å². The Morgan fingerprint density at radius 3 is 2.28 bits per heavy atom. The van der Waals surface area contributed by atoms with Gasteiger partial charge in [-0.2, -0.15) is 12.2 Å². The van der Waals surface area contributed by atoms with Gasteiger partial charge < -0.3 is 4.90 Å². The fraction of sp³-hybridized carbons (Fsp3) is 0.167. The number of rotatable bonds is 3. The summed E-state index contributed by atoms with van der Waals surface area (Å²) in [6.45, 7) is 0. The van der Waals surface area contributed by atoms with Crippen molar-refractivity contribution in [2.75, 3.05) is 19.0 Å². The second-order valence-corrected chi connectivity index (χ2v) is 5.89. The van der Waals surface area contributed by atoms with Gasteiger partial charge in [0.05, 0.1) is 11.9 Å². The molecule has 2 aromatic carbocycles. The molecule has 2 rings (SSSR count). The van der Waals surface area contributed by atoms with E-state index in [1.165, 1.54) is 6.07 Å². The van der Waals surface area contributed by atoms with Crippen molar-refractivity contribution in [2.24, 2.45) is 0 Å². The van der Waals surface area contributed by atoms with E-state index in [1.54, 1.807) is 18.2 Å². The second-order valence-electron chi connectivity index (χ2n) is 4.04. The molecule has 96 valence electrons. The molecule has 0 bridgehead atoms. The van der Waals surface area contributed by atoms with Gasteiger partial charge in [-0.15, -0.1) is 0 Å². The molecular formula is C12H12ClNO3S. The number of nitrogens with zero attached hydrogens (tertiary/aromatic N) is 1. The van der Waals surface area contributed by atoms with Gasteiger partial charge in [0.2, 0.25) is 0 Å². The summed E-state index contributed by atoms with van der Waals surface area (Å²) in [5.74, 6) is 0. The molecule has 0 saturated heterocycles. The van der Waals surface area contributed by atoms with Crippen molar-refractivity contribution in [3.63, 3.8) is 0 Å². The van der Waals surface area contributed by atoms with E-state index in [0.717, 1.165) is 11.1 Å². The number of benzene rings is 2. The van der Waals surface area contributed by atoms with Crippen molar-refractivity contribution in [2.45, 2.75) is 4.90 Å². The van der Waals surface area contributed by atoms with Crippen LogP contribution in [0, 0.1) is 0 Å². The summed E-state index contributed by atoms with van der Waals surface area (Å²) in [5.41, 5.74) is 0.930. The molecule has 0 aliphatic carbocycles. The number of hydrogen-bond donors (Lipinski definition) is 0. The quantitative estimate of drug-likeness (QED) is 0.870. The lowest BCUT2D eigenvalue weighted by atomic mass is 10.1. The van der Waals surface area contributed by atoms with Gasteiger partial charge in [0, 0.05) is 30.6 Å². The highest BCUT2D eigenvalue weighted by Crippen LogP contribution is 2.31. The van der Waals surface area contributed by atoms with E-state index in [1.807, 2.05) is 31.1 Å². The van der Waals surface area contributed by atoms with Crippen LogP contribution in [0.5, 0.6) is 0 Å². The Morgan fingerprint density at radius 2 is 1.67 bits per heavy atom. The molecule has 6 heteroatoms. The van der Waals surface area contributed by atoms with E-state index in [2.05, 4.69) is 3.74 Å². The minimum absolute atomic E-state index is 0.0682. The lowest BCUT2D eigenvalue weighted by molar-refractivity contribution is 0.510. The predicted molar refractivity (Wildman–Crippen MR) is 72.4 cm³/mol. The molecular weight excluding hydrogens is 274 g/mol. The van der Waals surface area contributed by atoms with Crippen molar-refractivity contribution in [1.29, 1.82) is 0 Å². The van der Waals surface area contributed by atoms with Gasteiger partial charge in [0.1, 0.15) is 4.90 Å². The Morgan fingerprint density at radius 1 is 1.06 bits per heavy atom. The van der Waals surface area contributed by atoms with Crippen LogP contribution in [0.1, 0.15) is 0 Å². The maximum atomic E-state index is 11.7. The smallest absolute Gasteiger partial charge is 0.313 e. The normalized spacial score (nSPS) is 11.7. The van der Waals surface area contributed by atoms with E-state index < -0.39 is 10.1 Å². The largest absolute Gasteiger partial charge is 0.377 e. The number of anilines is 1. The first kappa shape index (κ1) is 13.1. The number of hydrogen-bond acceptors (Lipinski definition) is 4. The minimum Gasteiger partial charge on any atom is -0.377 e. The van der Waals surface area contributed by atoms with Crippen LogP contribution in [0.15, 0.2) is 41.3 Å². The van der Waals surface area contributed by atoms with Gasteiger partial charge in [0.15, 0.2) is 0 Å². The summed E-state index contributed by atoms with van der Waals surface area (Å²) in [6, 6.07) is 10.4. The van der Waals surface area contributed by atoms with Crippen LogP contribution in [0.4, 0.5) is 5.69 Å². The predicted octanol–water partition coefficient (Wildman–Crippen LogP) is 2.76. The minimum atomic E-state index is -3.92.